The smallest absolute Gasteiger partial charge is 0.254 e. The van der Waals surface area contributed by atoms with Crippen LogP contribution in [0.3, 0.4) is 0 Å². The van der Waals surface area contributed by atoms with E-state index in [1.54, 1.807) is 13.0 Å². The number of carbonyl (C=O) groups is 1. The molecule has 1 N–H and O–H groups in total. The van der Waals surface area contributed by atoms with Crippen molar-refractivity contribution in [2.45, 2.75) is 13.5 Å². The van der Waals surface area contributed by atoms with Gasteiger partial charge in [0.25, 0.3) is 5.91 Å². The van der Waals surface area contributed by atoms with Gasteiger partial charge in [0.2, 0.25) is 5.89 Å². The van der Waals surface area contributed by atoms with E-state index in [0.717, 1.165) is 0 Å². The number of aryl methyl sites for hydroxylation is 1. The van der Waals surface area contributed by atoms with E-state index in [2.05, 4.69) is 20.4 Å². The van der Waals surface area contributed by atoms with E-state index in [4.69, 9.17) is 16.1 Å². The van der Waals surface area contributed by atoms with Crippen LogP contribution in [0.4, 0.5) is 0 Å². The largest absolute Gasteiger partial charge is 0.345 e. The lowest BCUT2D eigenvalue weighted by atomic mass is 10.2. The van der Waals surface area contributed by atoms with Crippen molar-refractivity contribution in [2.24, 2.45) is 0 Å². The molecule has 1 amide bonds. The third-order valence-electron chi connectivity index (χ3n) is 1.99. The standard InChI is InChI=1S/C10H9ClN4O2/c1-6-14-9(15-17-6)5-13-10(16)7-4-12-3-2-8(7)11/h2-4H,5H2,1H3,(H,13,16). The second kappa shape index (κ2) is 4.92. The summed E-state index contributed by atoms with van der Waals surface area (Å²) in [7, 11) is 0. The summed E-state index contributed by atoms with van der Waals surface area (Å²) in [6, 6.07) is 1.55. The number of nitrogens with zero attached hydrogens (tertiary/aromatic N) is 3. The topological polar surface area (TPSA) is 80.9 Å². The highest BCUT2D eigenvalue weighted by Crippen LogP contribution is 2.13. The first-order valence-corrected chi connectivity index (χ1v) is 5.21. The van der Waals surface area contributed by atoms with Crippen molar-refractivity contribution < 1.29 is 9.32 Å². The Balaban J connectivity index is 2.01. The van der Waals surface area contributed by atoms with Gasteiger partial charge in [0.05, 0.1) is 17.1 Å². The van der Waals surface area contributed by atoms with Gasteiger partial charge in [-0.25, -0.2) is 0 Å². The highest BCUT2D eigenvalue weighted by atomic mass is 35.5. The minimum atomic E-state index is -0.328. The van der Waals surface area contributed by atoms with Crippen molar-refractivity contribution in [3.8, 4) is 0 Å². The van der Waals surface area contributed by atoms with E-state index in [0.29, 0.717) is 22.3 Å². The van der Waals surface area contributed by atoms with Gasteiger partial charge in [0.15, 0.2) is 5.82 Å². The molecule has 0 unspecified atom stereocenters. The van der Waals surface area contributed by atoms with Crippen LogP contribution in [0.15, 0.2) is 23.0 Å². The summed E-state index contributed by atoms with van der Waals surface area (Å²) in [6.07, 6.45) is 2.92. The summed E-state index contributed by atoms with van der Waals surface area (Å²) in [6.45, 7) is 1.86. The van der Waals surface area contributed by atoms with E-state index in [1.165, 1.54) is 12.4 Å². The van der Waals surface area contributed by atoms with Crippen LogP contribution in [-0.4, -0.2) is 21.0 Å². The predicted molar refractivity (Wildman–Crippen MR) is 59.5 cm³/mol. The summed E-state index contributed by atoms with van der Waals surface area (Å²) in [4.78, 5) is 19.5. The number of hydrogen-bond donors (Lipinski definition) is 1. The Labute approximate surface area is 102 Å². The van der Waals surface area contributed by atoms with Gasteiger partial charge >= 0.3 is 0 Å². The molecule has 0 atom stereocenters. The minimum absolute atomic E-state index is 0.182. The molecule has 0 fully saturated rings. The lowest BCUT2D eigenvalue weighted by molar-refractivity contribution is 0.0949. The van der Waals surface area contributed by atoms with Gasteiger partial charge in [-0.1, -0.05) is 16.8 Å². The molecular formula is C10H9ClN4O2. The van der Waals surface area contributed by atoms with Gasteiger partial charge in [-0.3, -0.25) is 9.78 Å². The zero-order valence-corrected chi connectivity index (χ0v) is 9.73. The number of aromatic nitrogens is 3. The van der Waals surface area contributed by atoms with E-state index >= 15 is 0 Å². The maximum atomic E-state index is 11.7. The molecule has 0 aliphatic heterocycles. The van der Waals surface area contributed by atoms with E-state index in [1.807, 2.05) is 0 Å². The third kappa shape index (κ3) is 2.79. The molecule has 0 saturated carbocycles. The molecule has 0 aliphatic rings. The normalized spacial score (nSPS) is 10.2. The Kier molecular flexibility index (Phi) is 3.34. The number of halogens is 1. The number of rotatable bonds is 3. The number of pyridine rings is 1. The molecule has 0 bridgehead atoms. The SMILES string of the molecule is Cc1nc(CNC(=O)c2cnccc2Cl)no1. The molecule has 2 rings (SSSR count). The van der Waals surface area contributed by atoms with Crippen molar-refractivity contribution in [3.63, 3.8) is 0 Å². The van der Waals surface area contributed by atoms with Gasteiger partial charge < -0.3 is 9.84 Å². The van der Waals surface area contributed by atoms with Crippen LogP contribution < -0.4 is 5.32 Å². The first kappa shape index (κ1) is 11.5. The molecule has 2 heterocycles. The fraction of sp³-hybridized carbons (Fsp3) is 0.200. The fourth-order valence-corrected chi connectivity index (χ4v) is 1.40. The number of nitrogens with one attached hydrogen (secondary N) is 1. The zero-order valence-electron chi connectivity index (χ0n) is 8.98. The Hall–Kier alpha value is -1.95. The average Bonchev–Trinajstić information content (AvgIpc) is 2.73. The molecule has 0 radical (unpaired) electrons. The number of carbonyl (C=O) groups excluding carboxylic acids is 1. The van der Waals surface area contributed by atoms with Crippen LogP contribution in [0, 0.1) is 6.92 Å². The molecule has 0 spiro atoms. The predicted octanol–water partition coefficient (Wildman–Crippen LogP) is 1.36. The van der Waals surface area contributed by atoms with Crippen LogP contribution in [-0.2, 0) is 6.54 Å². The van der Waals surface area contributed by atoms with Crippen molar-refractivity contribution in [2.75, 3.05) is 0 Å². The summed E-state index contributed by atoms with van der Waals surface area (Å²) in [5, 5.41) is 6.62. The van der Waals surface area contributed by atoms with Crippen LogP contribution in [0.5, 0.6) is 0 Å². The molecule has 0 aromatic carbocycles. The summed E-state index contributed by atoms with van der Waals surface area (Å²) >= 11 is 5.85. The molecule has 2 aromatic heterocycles. The Bertz CT molecular complexity index is 541. The zero-order chi connectivity index (χ0) is 12.3. The van der Waals surface area contributed by atoms with Gasteiger partial charge in [-0.15, -0.1) is 0 Å². The summed E-state index contributed by atoms with van der Waals surface area (Å²) in [5.74, 6) is 0.537. The van der Waals surface area contributed by atoms with E-state index in [9.17, 15) is 4.79 Å². The summed E-state index contributed by atoms with van der Waals surface area (Å²) in [5.41, 5.74) is 0.314. The Morgan fingerprint density at radius 1 is 1.59 bits per heavy atom. The quantitative estimate of drug-likeness (QED) is 0.892. The van der Waals surface area contributed by atoms with Gasteiger partial charge in [-0.2, -0.15) is 4.98 Å². The highest BCUT2D eigenvalue weighted by Gasteiger charge is 2.11. The fourth-order valence-electron chi connectivity index (χ4n) is 1.21. The van der Waals surface area contributed by atoms with E-state index < -0.39 is 0 Å². The van der Waals surface area contributed by atoms with E-state index in [-0.39, 0.29) is 12.5 Å². The monoisotopic (exact) mass is 252 g/mol. The Morgan fingerprint density at radius 3 is 3.06 bits per heavy atom. The lowest BCUT2D eigenvalue weighted by Gasteiger charge is -2.03. The van der Waals surface area contributed by atoms with Crippen LogP contribution in [0.25, 0.3) is 0 Å². The molecule has 6 nitrogen and oxygen atoms in total. The first-order chi connectivity index (χ1) is 8.16. The van der Waals surface area contributed by atoms with Crippen LogP contribution in [0.1, 0.15) is 22.1 Å². The van der Waals surface area contributed by atoms with Crippen molar-refractivity contribution in [3.05, 3.63) is 40.8 Å². The van der Waals surface area contributed by atoms with Crippen molar-refractivity contribution in [1.29, 1.82) is 0 Å². The molecular weight excluding hydrogens is 244 g/mol. The number of hydrogen-bond acceptors (Lipinski definition) is 5. The highest BCUT2D eigenvalue weighted by molar-refractivity contribution is 6.33. The summed E-state index contributed by atoms with van der Waals surface area (Å²) < 4.78 is 4.78. The van der Waals surface area contributed by atoms with Crippen LogP contribution >= 0.6 is 11.6 Å². The average molecular weight is 253 g/mol. The number of amides is 1. The molecule has 2 aromatic rings. The molecule has 88 valence electrons. The lowest BCUT2D eigenvalue weighted by Crippen LogP contribution is -2.23. The molecule has 0 aliphatic carbocycles. The van der Waals surface area contributed by atoms with Gasteiger partial charge in [0, 0.05) is 19.3 Å². The Morgan fingerprint density at radius 2 is 2.41 bits per heavy atom. The maximum Gasteiger partial charge on any atom is 0.254 e. The van der Waals surface area contributed by atoms with Gasteiger partial charge in [-0.05, 0) is 6.07 Å². The first-order valence-electron chi connectivity index (χ1n) is 4.83. The second-order valence-corrected chi connectivity index (χ2v) is 3.68. The minimum Gasteiger partial charge on any atom is -0.345 e. The van der Waals surface area contributed by atoms with Gasteiger partial charge in [0.1, 0.15) is 0 Å². The second-order valence-electron chi connectivity index (χ2n) is 3.27. The van der Waals surface area contributed by atoms with Crippen LogP contribution in [0.2, 0.25) is 5.02 Å². The molecule has 17 heavy (non-hydrogen) atoms. The third-order valence-corrected chi connectivity index (χ3v) is 2.32. The molecule has 0 saturated heterocycles. The van der Waals surface area contributed by atoms with Crippen molar-refractivity contribution in [1.82, 2.24) is 20.4 Å². The van der Waals surface area contributed by atoms with Crippen molar-refractivity contribution >= 4 is 17.5 Å². The molecule has 7 heteroatoms. The maximum absolute atomic E-state index is 11.7.